The quantitative estimate of drug-likeness (QED) is 0.691. The van der Waals surface area contributed by atoms with Crippen molar-refractivity contribution in [3.8, 4) is 0 Å². The highest BCUT2D eigenvalue weighted by atomic mass is 19.4. The largest absolute Gasteiger partial charge is 0.431 e. The summed E-state index contributed by atoms with van der Waals surface area (Å²) in [6, 6.07) is 0. The van der Waals surface area contributed by atoms with Crippen molar-refractivity contribution in [2.24, 2.45) is 0 Å². The average Bonchev–Trinajstić information content (AvgIpc) is 2.15. The first-order chi connectivity index (χ1) is 7.71. The van der Waals surface area contributed by atoms with E-state index in [1.165, 1.54) is 18.2 Å². The second kappa shape index (κ2) is 5.01. The summed E-state index contributed by atoms with van der Waals surface area (Å²) in [7, 11) is 0. The van der Waals surface area contributed by atoms with Crippen molar-refractivity contribution >= 4 is 0 Å². The van der Waals surface area contributed by atoms with Crippen molar-refractivity contribution in [2.45, 2.75) is 37.7 Å². The van der Waals surface area contributed by atoms with Crippen LogP contribution in [0.5, 0.6) is 0 Å². The molecule has 1 atom stereocenters. The Kier molecular flexibility index (Phi) is 4.11. The Hall–Kier alpha value is -1.14. The van der Waals surface area contributed by atoms with Crippen molar-refractivity contribution in [3.05, 3.63) is 24.0 Å². The van der Waals surface area contributed by atoms with Crippen molar-refractivity contribution in [1.29, 1.82) is 0 Å². The van der Waals surface area contributed by atoms with Crippen molar-refractivity contribution in [3.63, 3.8) is 0 Å². The van der Waals surface area contributed by atoms with Crippen LogP contribution in [0.25, 0.3) is 0 Å². The zero-order valence-electron chi connectivity index (χ0n) is 8.61. The number of ether oxygens (including phenoxy) is 1. The van der Waals surface area contributed by atoms with Gasteiger partial charge in [0, 0.05) is 0 Å². The lowest BCUT2D eigenvalue weighted by atomic mass is 10.2. The first kappa shape index (κ1) is 13.9. The maximum absolute atomic E-state index is 13.0. The van der Waals surface area contributed by atoms with Gasteiger partial charge in [-0.15, -0.1) is 0 Å². The molecular weight excluding hydrogens is 250 g/mol. The van der Waals surface area contributed by atoms with E-state index in [0.717, 1.165) is 0 Å². The van der Waals surface area contributed by atoms with E-state index in [2.05, 4.69) is 4.74 Å². The molecule has 0 spiro atoms. The third kappa shape index (κ3) is 4.70. The summed E-state index contributed by atoms with van der Waals surface area (Å²) in [4.78, 5) is 0. The highest BCUT2D eigenvalue weighted by Crippen LogP contribution is 2.34. The number of allylic oxidation sites excluding steroid dienone is 3. The molecule has 0 saturated heterocycles. The Labute approximate surface area is 93.7 Å². The first-order valence-electron chi connectivity index (χ1n) is 4.85. The van der Waals surface area contributed by atoms with Crippen LogP contribution in [0.1, 0.15) is 19.3 Å². The van der Waals surface area contributed by atoms with E-state index in [1.54, 1.807) is 0 Å². The molecule has 1 rings (SSSR count). The van der Waals surface area contributed by atoms with Gasteiger partial charge in [-0.1, -0.05) is 6.08 Å². The predicted molar refractivity (Wildman–Crippen MR) is 48.1 cm³/mol. The molecule has 0 radical (unpaired) electrons. The highest BCUT2D eigenvalue weighted by Gasteiger charge is 2.49. The third-order valence-electron chi connectivity index (χ3n) is 1.99. The summed E-state index contributed by atoms with van der Waals surface area (Å²) in [5.74, 6) is -0.314. The number of alkyl halides is 6. The molecule has 0 aromatic heterocycles. The number of rotatable bonds is 4. The molecule has 98 valence electrons. The zero-order valence-corrected chi connectivity index (χ0v) is 8.61. The SMILES string of the molecule is FC(CC(F)(F)F)C(F)(F)OC1=CCCC=C1. The number of hydrogen-bond acceptors (Lipinski definition) is 1. The normalized spacial score (nSPS) is 18.8. The second-order valence-corrected chi connectivity index (χ2v) is 3.54. The maximum atomic E-state index is 13.0. The zero-order chi connectivity index (χ0) is 13.1. The van der Waals surface area contributed by atoms with Gasteiger partial charge < -0.3 is 4.74 Å². The van der Waals surface area contributed by atoms with Crippen LogP contribution in [0.2, 0.25) is 0 Å². The van der Waals surface area contributed by atoms with Gasteiger partial charge in [-0.2, -0.15) is 22.0 Å². The fourth-order valence-electron chi connectivity index (χ4n) is 1.21. The molecule has 0 saturated carbocycles. The summed E-state index contributed by atoms with van der Waals surface area (Å²) in [6.07, 6.45) is -10.1. The molecule has 0 aliphatic heterocycles. The Morgan fingerprint density at radius 1 is 1.18 bits per heavy atom. The standard InChI is InChI=1S/C10H10F6O/c11-8(6-9(12,13)14)10(15,16)17-7-4-2-1-3-5-7/h2,4-5,8H,1,3,6H2. The Morgan fingerprint density at radius 3 is 2.29 bits per heavy atom. The van der Waals surface area contributed by atoms with Gasteiger partial charge in [0.2, 0.25) is 6.17 Å². The Balaban J connectivity index is 2.60. The monoisotopic (exact) mass is 260 g/mol. The molecule has 0 heterocycles. The molecule has 7 heteroatoms. The van der Waals surface area contributed by atoms with Crippen molar-refractivity contribution in [1.82, 2.24) is 0 Å². The molecule has 1 nitrogen and oxygen atoms in total. The lowest BCUT2D eigenvalue weighted by Crippen LogP contribution is -2.36. The highest BCUT2D eigenvalue weighted by molar-refractivity contribution is 5.16. The van der Waals surface area contributed by atoms with Crippen LogP contribution < -0.4 is 0 Å². The lowest BCUT2D eigenvalue weighted by Gasteiger charge is -2.23. The van der Waals surface area contributed by atoms with Gasteiger partial charge in [0.25, 0.3) is 0 Å². The van der Waals surface area contributed by atoms with E-state index >= 15 is 0 Å². The van der Waals surface area contributed by atoms with Gasteiger partial charge in [0.15, 0.2) is 0 Å². The first-order valence-corrected chi connectivity index (χ1v) is 4.85. The van der Waals surface area contributed by atoms with E-state index in [-0.39, 0.29) is 5.76 Å². The topological polar surface area (TPSA) is 9.23 Å². The molecule has 0 bridgehead atoms. The second-order valence-electron chi connectivity index (χ2n) is 3.54. The molecule has 0 aromatic rings. The molecule has 17 heavy (non-hydrogen) atoms. The maximum Gasteiger partial charge on any atom is 0.430 e. The molecule has 0 fully saturated rings. The van der Waals surface area contributed by atoms with Gasteiger partial charge >= 0.3 is 12.3 Å². The molecule has 0 aromatic carbocycles. The molecule has 0 N–H and O–H groups in total. The minimum Gasteiger partial charge on any atom is -0.431 e. The van der Waals surface area contributed by atoms with E-state index in [9.17, 15) is 26.3 Å². The summed E-state index contributed by atoms with van der Waals surface area (Å²) in [6.45, 7) is 0. The van der Waals surface area contributed by atoms with E-state index in [4.69, 9.17) is 0 Å². The van der Waals surface area contributed by atoms with Crippen LogP contribution in [0, 0.1) is 0 Å². The Bertz CT molecular complexity index is 317. The van der Waals surface area contributed by atoms with Gasteiger partial charge in [-0.25, -0.2) is 4.39 Å². The fourth-order valence-corrected chi connectivity index (χ4v) is 1.21. The molecular formula is C10H10F6O. The molecule has 1 aliphatic carbocycles. The third-order valence-corrected chi connectivity index (χ3v) is 1.99. The minimum absolute atomic E-state index is 0.314. The van der Waals surface area contributed by atoms with Gasteiger partial charge in [0.05, 0.1) is 6.42 Å². The average molecular weight is 260 g/mol. The van der Waals surface area contributed by atoms with Gasteiger partial charge in [-0.3, -0.25) is 0 Å². The summed E-state index contributed by atoms with van der Waals surface area (Å²) >= 11 is 0. The van der Waals surface area contributed by atoms with E-state index in [0.29, 0.717) is 12.8 Å². The van der Waals surface area contributed by atoms with E-state index in [1.807, 2.05) is 0 Å². The van der Waals surface area contributed by atoms with Crippen molar-refractivity contribution in [2.75, 3.05) is 0 Å². The summed E-state index contributed by atoms with van der Waals surface area (Å²) in [5.41, 5.74) is 0. The molecule has 0 amide bonds. The smallest absolute Gasteiger partial charge is 0.430 e. The number of hydrogen-bond donors (Lipinski definition) is 0. The van der Waals surface area contributed by atoms with Crippen LogP contribution in [0.15, 0.2) is 24.0 Å². The van der Waals surface area contributed by atoms with Crippen LogP contribution >= 0.6 is 0 Å². The van der Waals surface area contributed by atoms with Crippen molar-refractivity contribution < 1.29 is 31.1 Å². The van der Waals surface area contributed by atoms with Gasteiger partial charge in [0.1, 0.15) is 5.76 Å². The van der Waals surface area contributed by atoms with Crippen LogP contribution in [0.4, 0.5) is 26.3 Å². The van der Waals surface area contributed by atoms with Gasteiger partial charge in [-0.05, 0) is 25.0 Å². The van der Waals surface area contributed by atoms with E-state index < -0.39 is 24.9 Å². The molecule has 1 aliphatic rings. The summed E-state index contributed by atoms with van der Waals surface area (Å²) < 4.78 is 77.9. The number of halogens is 6. The van der Waals surface area contributed by atoms with Crippen LogP contribution in [-0.2, 0) is 4.74 Å². The Morgan fingerprint density at radius 2 is 1.82 bits per heavy atom. The molecule has 1 unspecified atom stereocenters. The summed E-state index contributed by atoms with van der Waals surface area (Å²) in [5, 5.41) is 0. The lowest BCUT2D eigenvalue weighted by molar-refractivity contribution is -0.271. The fraction of sp³-hybridized carbons (Fsp3) is 0.600. The minimum atomic E-state index is -5.00. The van der Waals surface area contributed by atoms with Crippen LogP contribution in [0.3, 0.4) is 0 Å². The predicted octanol–water partition coefficient (Wildman–Crippen LogP) is 4.12. The van der Waals surface area contributed by atoms with Crippen LogP contribution in [-0.4, -0.2) is 18.5 Å².